The van der Waals surface area contributed by atoms with Gasteiger partial charge in [-0.15, -0.1) is 0 Å². The van der Waals surface area contributed by atoms with Crippen LogP contribution in [0.2, 0.25) is 0 Å². The van der Waals surface area contributed by atoms with Crippen LogP contribution in [0, 0.1) is 6.92 Å². The molecule has 0 aliphatic carbocycles. The highest BCUT2D eigenvalue weighted by atomic mass is 16.5. The normalized spacial score (nSPS) is 23.3. The zero-order valence-corrected chi connectivity index (χ0v) is 7.71. The second-order valence-electron chi connectivity index (χ2n) is 3.27. The Labute approximate surface area is 76.9 Å². The zero-order valence-electron chi connectivity index (χ0n) is 7.71. The van der Waals surface area contributed by atoms with Gasteiger partial charge in [-0.3, -0.25) is 5.10 Å². The second-order valence-corrected chi connectivity index (χ2v) is 3.27. The summed E-state index contributed by atoms with van der Waals surface area (Å²) in [6.45, 7) is 4.40. The molecule has 1 atom stereocenters. The summed E-state index contributed by atoms with van der Waals surface area (Å²) in [5.41, 5.74) is 0. The number of nitrogens with one attached hydrogen (secondary N) is 2. The summed E-state index contributed by atoms with van der Waals surface area (Å²) in [5, 5.41) is 10.3. The van der Waals surface area contributed by atoms with Crippen molar-refractivity contribution in [2.75, 3.05) is 19.8 Å². The Morgan fingerprint density at radius 3 is 3.15 bits per heavy atom. The van der Waals surface area contributed by atoms with Crippen LogP contribution in [0.15, 0.2) is 0 Å². The number of nitrogens with zero attached hydrogens (tertiary/aromatic N) is 2. The van der Waals surface area contributed by atoms with E-state index < -0.39 is 0 Å². The molecule has 72 valence electrons. The van der Waals surface area contributed by atoms with Gasteiger partial charge in [0, 0.05) is 19.0 Å². The van der Waals surface area contributed by atoms with Gasteiger partial charge in [-0.1, -0.05) is 0 Å². The molecule has 1 fully saturated rings. The van der Waals surface area contributed by atoms with Crippen LogP contribution in [-0.2, 0) is 11.2 Å². The van der Waals surface area contributed by atoms with Crippen LogP contribution in [0.5, 0.6) is 0 Å². The monoisotopic (exact) mass is 182 g/mol. The molecule has 2 rings (SSSR count). The molecule has 2 N–H and O–H groups in total. The number of morpholine rings is 1. The molecule has 0 spiro atoms. The summed E-state index contributed by atoms with van der Waals surface area (Å²) in [4.78, 5) is 4.24. The standard InChI is InChI=1S/C8H14N4O/c1-6-10-8(12-11-6)4-7-5-13-3-2-9-7/h7,9H,2-5H2,1H3,(H,10,11,12). The van der Waals surface area contributed by atoms with Crippen LogP contribution >= 0.6 is 0 Å². The van der Waals surface area contributed by atoms with E-state index in [1.807, 2.05) is 6.92 Å². The lowest BCUT2D eigenvalue weighted by molar-refractivity contribution is 0.0764. The quantitative estimate of drug-likeness (QED) is 0.656. The number of ether oxygens (including phenoxy) is 1. The van der Waals surface area contributed by atoms with Crippen molar-refractivity contribution in [2.24, 2.45) is 0 Å². The van der Waals surface area contributed by atoms with Gasteiger partial charge in [0.1, 0.15) is 5.82 Å². The van der Waals surface area contributed by atoms with Gasteiger partial charge >= 0.3 is 0 Å². The first-order valence-electron chi connectivity index (χ1n) is 4.53. The molecule has 0 bridgehead atoms. The first kappa shape index (κ1) is 8.65. The molecule has 13 heavy (non-hydrogen) atoms. The van der Waals surface area contributed by atoms with Gasteiger partial charge in [-0.2, -0.15) is 5.10 Å². The lowest BCUT2D eigenvalue weighted by atomic mass is 10.2. The second kappa shape index (κ2) is 3.85. The van der Waals surface area contributed by atoms with E-state index in [4.69, 9.17) is 4.74 Å². The lowest BCUT2D eigenvalue weighted by Gasteiger charge is -2.22. The molecule has 1 saturated heterocycles. The zero-order chi connectivity index (χ0) is 9.10. The minimum Gasteiger partial charge on any atom is -0.379 e. The fraction of sp³-hybridized carbons (Fsp3) is 0.750. The highest BCUT2D eigenvalue weighted by Gasteiger charge is 2.15. The number of hydrogen-bond donors (Lipinski definition) is 2. The molecule has 1 unspecified atom stereocenters. The van der Waals surface area contributed by atoms with Crippen LogP contribution < -0.4 is 5.32 Å². The van der Waals surface area contributed by atoms with Crippen LogP contribution in [-0.4, -0.2) is 41.0 Å². The van der Waals surface area contributed by atoms with Crippen molar-refractivity contribution >= 4 is 0 Å². The van der Waals surface area contributed by atoms with Crippen molar-refractivity contribution in [2.45, 2.75) is 19.4 Å². The number of aromatic amines is 1. The molecule has 1 aromatic rings. The van der Waals surface area contributed by atoms with Gasteiger partial charge < -0.3 is 10.1 Å². The van der Waals surface area contributed by atoms with Gasteiger partial charge in [-0.25, -0.2) is 4.98 Å². The summed E-state index contributed by atoms with van der Waals surface area (Å²) < 4.78 is 5.33. The molecule has 1 aromatic heterocycles. The number of H-pyrrole nitrogens is 1. The summed E-state index contributed by atoms with van der Waals surface area (Å²) in [6, 6.07) is 0.365. The molecule has 2 heterocycles. The molecule has 5 heteroatoms. The summed E-state index contributed by atoms with van der Waals surface area (Å²) in [7, 11) is 0. The maximum atomic E-state index is 5.33. The topological polar surface area (TPSA) is 62.8 Å². The van der Waals surface area contributed by atoms with E-state index in [0.29, 0.717) is 6.04 Å². The Hall–Kier alpha value is -0.940. The average Bonchev–Trinajstić information content (AvgIpc) is 2.53. The number of aryl methyl sites for hydroxylation is 1. The van der Waals surface area contributed by atoms with Crippen LogP contribution in [0.3, 0.4) is 0 Å². The maximum Gasteiger partial charge on any atom is 0.152 e. The van der Waals surface area contributed by atoms with Crippen molar-refractivity contribution in [3.05, 3.63) is 11.6 Å². The Kier molecular flexibility index (Phi) is 2.56. The molecule has 1 aliphatic rings. The Morgan fingerprint density at radius 1 is 1.62 bits per heavy atom. The summed E-state index contributed by atoms with van der Waals surface area (Å²) in [6.07, 6.45) is 0.838. The molecule has 5 nitrogen and oxygen atoms in total. The smallest absolute Gasteiger partial charge is 0.152 e. The van der Waals surface area contributed by atoms with Gasteiger partial charge in [0.2, 0.25) is 0 Å². The van der Waals surface area contributed by atoms with E-state index in [0.717, 1.165) is 37.8 Å². The summed E-state index contributed by atoms with van der Waals surface area (Å²) >= 11 is 0. The highest BCUT2D eigenvalue weighted by Crippen LogP contribution is 2.00. The van der Waals surface area contributed by atoms with Crippen molar-refractivity contribution in [3.63, 3.8) is 0 Å². The Morgan fingerprint density at radius 2 is 2.54 bits per heavy atom. The number of hydrogen-bond acceptors (Lipinski definition) is 4. The van der Waals surface area contributed by atoms with Crippen LogP contribution in [0.25, 0.3) is 0 Å². The van der Waals surface area contributed by atoms with Crippen LogP contribution in [0.1, 0.15) is 11.6 Å². The van der Waals surface area contributed by atoms with E-state index in [1.165, 1.54) is 0 Å². The molecule has 0 radical (unpaired) electrons. The molecule has 1 aliphatic heterocycles. The Bertz CT molecular complexity index is 267. The Balaban J connectivity index is 1.89. The third kappa shape index (κ3) is 2.26. The highest BCUT2D eigenvalue weighted by molar-refractivity contribution is 4.92. The fourth-order valence-corrected chi connectivity index (χ4v) is 1.45. The molecular formula is C8H14N4O. The SMILES string of the molecule is Cc1nc(CC2COCCN2)n[nH]1. The van der Waals surface area contributed by atoms with E-state index in [2.05, 4.69) is 20.5 Å². The molecule has 0 amide bonds. The maximum absolute atomic E-state index is 5.33. The first-order chi connectivity index (χ1) is 6.34. The third-order valence-electron chi connectivity index (χ3n) is 2.07. The molecule has 0 saturated carbocycles. The average molecular weight is 182 g/mol. The van der Waals surface area contributed by atoms with Gasteiger partial charge in [0.25, 0.3) is 0 Å². The first-order valence-corrected chi connectivity index (χ1v) is 4.53. The van der Waals surface area contributed by atoms with E-state index in [9.17, 15) is 0 Å². The minimum absolute atomic E-state index is 0.365. The summed E-state index contributed by atoms with van der Waals surface area (Å²) in [5.74, 6) is 1.73. The van der Waals surface area contributed by atoms with Crippen molar-refractivity contribution < 1.29 is 4.74 Å². The van der Waals surface area contributed by atoms with Gasteiger partial charge in [0.15, 0.2) is 5.82 Å². The van der Waals surface area contributed by atoms with E-state index in [-0.39, 0.29) is 0 Å². The van der Waals surface area contributed by atoms with Gasteiger partial charge in [-0.05, 0) is 6.92 Å². The number of aromatic nitrogens is 3. The van der Waals surface area contributed by atoms with Crippen molar-refractivity contribution in [1.82, 2.24) is 20.5 Å². The predicted octanol–water partition coefficient (Wildman–Crippen LogP) is -0.356. The number of rotatable bonds is 2. The van der Waals surface area contributed by atoms with E-state index in [1.54, 1.807) is 0 Å². The van der Waals surface area contributed by atoms with Crippen LogP contribution in [0.4, 0.5) is 0 Å². The largest absolute Gasteiger partial charge is 0.379 e. The van der Waals surface area contributed by atoms with Crippen molar-refractivity contribution in [3.8, 4) is 0 Å². The van der Waals surface area contributed by atoms with E-state index >= 15 is 0 Å². The molecule has 0 aromatic carbocycles. The third-order valence-corrected chi connectivity index (χ3v) is 2.07. The van der Waals surface area contributed by atoms with Crippen molar-refractivity contribution in [1.29, 1.82) is 0 Å². The van der Waals surface area contributed by atoms with Gasteiger partial charge in [0.05, 0.1) is 13.2 Å². The minimum atomic E-state index is 0.365. The lowest BCUT2D eigenvalue weighted by Crippen LogP contribution is -2.42. The fourth-order valence-electron chi connectivity index (χ4n) is 1.45. The predicted molar refractivity (Wildman–Crippen MR) is 47.4 cm³/mol. The molecular weight excluding hydrogens is 168 g/mol.